The highest BCUT2D eigenvalue weighted by molar-refractivity contribution is 7.90. The van der Waals surface area contributed by atoms with Crippen LogP contribution in [0, 0.1) is 29.6 Å². The van der Waals surface area contributed by atoms with Gasteiger partial charge in [0.1, 0.15) is 5.78 Å². The quantitative estimate of drug-likeness (QED) is 0.162. The molecule has 1 aromatic rings. The molecule has 0 bridgehead atoms. The van der Waals surface area contributed by atoms with E-state index in [9.17, 15) is 32.4 Å². The second kappa shape index (κ2) is 20.5. The second-order valence-corrected chi connectivity index (χ2v) is 19.0. The van der Waals surface area contributed by atoms with Crippen LogP contribution in [0.4, 0.5) is 0 Å². The number of benzene rings is 1. The van der Waals surface area contributed by atoms with Gasteiger partial charge in [-0.3, -0.25) is 28.7 Å². The van der Waals surface area contributed by atoms with E-state index in [2.05, 4.69) is 4.72 Å². The summed E-state index contributed by atoms with van der Waals surface area (Å²) >= 11 is 0. The van der Waals surface area contributed by atoms with Crippen LogP contribution in [0.5, 0.6) is 0 Å². The molecule has 3 rings (SSSR count). The highest BCUT2D eigenvalue weighted by atomic mass is 32.2. The normalized spacial score (nSPS) is 20.1. The summed E-state index contributed by atoms with van der Waals surface area (Å²) in [6, 6.07) is 8.26. The third-order valence-electron chi connectivity index (χ3n) is 11.9. The van der Waals surface area contributed by atoms with Crippen LogP contribution in [0.3, 0.4) is 0 Å². The van der Waals surface area contributed by atoms with Gasteiger partial charge >= 0.3 is 0 Å². The van der Waals surface area contributed by atoms with E-state index in [1.165, 1.54) is 14.2 Å². The maximum absolute atomic E-state index is 14.2. The standard InChI is InChI=1S/C42H68N4O9S/c1-11-27(4)38(45(8)41(51)32(26(2)3)24-36(48)42(6,7)43)35(54-9)25-37(49)46-21-15-18-33(46)39(55-10)28(5)34(47)23-30(22-29-16-13-12-14-17-29)40(50)44-56(52,53)31-19-20-31/h12-14,16-17,26-28,30-33,35,38-39H,11,15,18-25,43H2,1-10H3,(H,44,50)/t27-,28-,30+,32-,33-,35+,38-,39+/m0/s1. The maximum atomic E-state index is 14.2. The number of hydrogen-bond acceptors (Lipinski definition) is 10. The lowest BCUT2D eigenvalue weighted by molar-refractivity contribution is -0.149. The lowest BCUT2D eigenvalue weighted by atomic mass is 9.83. The summed E-state index contributed by atoms with van der Waals surface area (Å²) < 4.78 is 39.5. The number of ketones is 2. The monoisotopic (exact) mass is 804 g/mol. The van der Waals surface area contributed by atoms with Crippen LogP contribution in [0.2, 0.25) is 0 Å². The summed E-state index contributed by atoms with van der Waals surface area (Å²) in [5, 5.41) is -0.585. The van der Waals surface area contributed by atoms with Gasteiger partial charge in [0.25, 0.3) is 0 Å². The average Bonchev–Trinajstić information content (AvgIpc) is 3.91. The summed E-state index contributed by atoms with van der Waals surface area (Å²) in [7, 11) is 0.933. The smallest absolute Gasteiger partial charge is 0.237 e. The Morgan fingerprint density at radius 1 is 0.964 bits per heavy atom. The Hall–Kier alpha value is -3.20. The molecule has 0 radical (unpaired) electrons. The molecular weight excluding hydrogens is 737 g/mol. The molecule has 1 saturated heterocycles. The van der Waals surface area contributed by atoms with E-state index in [1.54, 1.807) is 37.6 Å². The molecule has 14 heteroatoms. The summed E-state index contributed by atoms with van der Waals surface area (Å²) in [4.78, 5) is 72.1. The molecule has 1 aromatic carbocycles. The number of carbonyl (C=O) groups is 5. The fourth-order valence-corrected chi connectivity index (χ4v) is 9.31. The molecule has 2 fully saturated rings. The van der Waals surface area contributed by atoms with E-state index in [0.29, 0.717) is 38.6 Å². The topological polar surface area (TPSA) is 182 Å². The fourth-order valence-electron chi connectivity index (χ4n) is 7.94. The van der Waals surface area contributed by atoms with Gasteiger partial charge in [-0.25, -0.2) is 8.42 Å². The van der Waals surface area contributed by atoms with Gasteiger partial charge < -0.3 is 25.0 Å². The van der Waals surface area contributed by atoms with E-state index in [4.69, 9.17) is 15.2 Å². The molecule has 1 aliphatic heterocycles. The van der Waals surface area contributed by atoms with E-state index in [-0.39, 0.29) is 60.9 Å². The molecule has 8 atom stereocenters. The Balaban J connectivity index is 1.80. The molecular formula is C42H68N4O9S. The minimum absolute atomic E-state index is 0.0101. The van der Waals surface area contributed by atoms with Crippen LogP contribution < -0.4 is 10.5 Å². The summed E-state index contributed by atoms with van der Waals surface area (Å²) in [5.41, 5.74) is 5.81. The van der Waals surface area contributed by atoms with Crippen LogP contribution in [0.25, 0.3) is 0 Å². The predicted octanol–water partition coefficient (Wildman–Crippen LogP) is 4.30. The SMILES string of the molecule is CC[C@H](C)[C@@H]([C@@H](CC(=O)N1CCC[C@H]1[C@H](OC)[C@@H](C)C(=O)C[C@@H](Cc1ccccc1)C(=O)NS(=O)(=O)C1CC1)OC)N(C)C(=O)[C@@H](CC(=O)C(C)(C)N)C(C)C. The first-order valence-electron chi connectivity index (χ1n) is 20.2. The van der Waals surface area contributed by atoms with Crippen molar-refractivity contribution in [2.75, 3.05) is 27.8 Å². The number of rotatable bonds is 23. The molecule has 3 N–H and O–H groups in total. The highest BCUT2D eigenvalue weighted by Gasteiger charge is 2.44. The van der Waals surface area contributed by atoms with Gasteiger partial charge in [-0.05, 0) is 63.4 Å². The number of nitrogens with two attached hydrogens (primary N) is 1. The average molecular weight is 805 g/mol. The number of nitrogens with one attached hydrogen (secondary N) is 1. The number of hydrogen-bond donors (Lipinski definition) is 2. The first-order chi connectivity index (χ1) is 26.2. The van der Waals surface area contributed by atoms with E-state index >= 15 is 0 Å². The summed E-state index contributed by atoms with van der Waals surface area (Å²) in [6.45, 7) is 13.3. The van der Waals surface area contributed by atoms with Gasteiger partial charge in [-0.15, -0.1) is 0 Å². The van der Waals surface area contributed by atoms with Gasteiger partial charge in [-0.1, -0.05) is 71.4 Å². The zero-order valence-corrected chi connectivity index (χ0v) is 36.1. The maximum Gasteiger partial charge on any atom is 0.237 e. The van der Waals surface area contributed by atoms with Crippen LogP contribution in [0.1, 0.15) is 105 Å². The second-order valence-electron chi connectivity index (χ2n) is 17.1. The van der Waals surface area contributed by atoms with Crippen molar-refractivity contribution in [1.29, 1.82) is 0 Å². The van der Waals surface area contributed by atoms with E-state index in [1.807, 2.05) is 58.0 Å². The number of nitrogens with zero attached hydrogens (tertiary/aromatic N) is 2. The third kappa shape index (κ3) is 12.4. The zero-order valence-electron chi connectivity index (χ0n) is 35.3. The predicted molar refractivity (Wildman–Crippen MR) is 216 cm³/mol. The Morgan fingerprint density at radius 2 is 1.59 bits per heavy atom. The van der Waals surface area contributed by atoms with Crippen molar-refractivity contribution < 1.29 is 41.9 Å². The molecule has 2 aliphatic rings. The Kier molecular flexibility index (Phi) is 17.2. The van der Waals surface area contributed by atoms with Gasteiger partial charge in [0.05, 0.1) is 41.5 Å². The number of carbonyl (C=O) groups excluding carboxylic acids is 5. The third-order valence-corrected chi connectivity index (χ3v) is 13.8. The van der Waals surface area contributed by atoms with Crippen LogP contribution in [-0.4, -0.2) is 110 Å². The number of methoxy groups -OCH3 is 2. The van der Waals surface area contributed by atoms with E-state index < -0.39 is 68.8 Å². The number of Topliss-reactive ketones (excluding diaryl/α,β-unsaturated/α-hetero) is 2. The molecule has 0 unspecified atom stereocenters. The number of likely N-dealkylation sites (tertiary alicyclic amines) is 1. The van der Waals surface area contributed by atoms with Crippen molar-refractivity contribution in [3.63, 3.8) is 0 Å². The molecule has 1 saturated carbocycles. The summed E-state index contributed by atoms with van der Waals surface area (Å²) in [6.07, 6.45) is 1.64. The molecule has 1 aliphatic carbocycles. The van der Waals surface area contributed by atoms with Crippen molar-refractivity contribution in [2.45, 2.75) is 141 Å². The van der Waals surface area contributed by atoms with Crippen LogP contribution in [0.15, 0.2) is 30.3 Å². The van der Waals surface area contributed by atoms with Crippen molar-refractivity contribution in [3.8, 4) is 0 Å². The largest absolute Gasteiger partial charge is 0.379 e. The lowest BCUT2D eigenvalue weighted by Crippen LogP contribution is -2.54. The van der Waals surface area contributed by atoms with Crippen molar-refractivity contribution in [2.24, 2.45) is 35.3 Å². The van der Waals surface area contributed by atoms with Crippen molar-refractivity contribution >= 4 is 39.3 Å². The number of ether oxygens (including phenoxy) is 2. The van der Waals surface area contributed by atoms with Gasteiger partial charge in [0.15, 0.2) is 5.78 Å². The molecule has 0 aromatic heterocycles. The zero-order chi connectivity index (χ0) is 42.1. The Morgan fingerprint density at radius 3 is 2.11 bits per heavy atom. The molecule has 3 amide bonds. The molecule has 1 heterocycles. The molecule has 13 nitrogen and oxygen atoms in total. The van der Waals surface area contributed by atoms with Gasteiger partial charge in [0, 0.05) is 58.4 Å². The number of sulfonamides is 1. The van der Waals surface area contributed by atoms with Crippen molar-refractivity contribution in [1.82, 2.24) is 14.5 Å². The van der Waals surface area contributed by atoms with Crippen LogP contribution in [-0.2, 0) is 49.9 Å². The Bertz CT molecular complexity index is 1610. The molecule has 316 valence electrons. The first-order valence-corrected chi connectivity index (χ1v) is 21.8. The highest BCUT2D eigenvalue weighted by Crippen LogP contribution is 2.32. The van der Waals surface area contributed by atoms with E-state index in [0.717, 1.165) is 5.56 Å². The Labute approximate surface area is 335 Å². The number of likely N-dealkylation sites (N-methyl/N-ethyl adjacent to an activating group) is 1. The lowest BCUT2D eigenvalue weighted by Gasteiger charge is -2.41. The first kappa shape index (κ1) is 47.2. The van der Waals surface area contributed by atoms with Gasteiger partial charge in [0.2, 0.25) is 27.7 Å². The van der Waals surface area contributed by atoms with Crippen LogP contribution >= 0.6 is 0 Å². The van der Waals surface area contributed by atoms with Crippen molar-refractivity contribution in [3.05, 3.63) is 35.9 Å². The molecule has 56 heavy (non-hydrogen) atoms. The van der Waals surface area contributed by atoms with Gasteiger partial charge in [-0.2, -0.15) is 0 Å². The summed E-state index contributed by atoms with van der Waals surface area (Å²) in [5.74, 6) is -3.97. The number of amides is 3. The molecule has 0 spiro atoms. The fraction of sp³-hybridized carbons (Fsp3) is 0.738. The minimum atomic E-state index is -3.82. The minimum Gasteiger partial charge on any atom is -0.379 e.